The van der Waals surface area contributed by atoms with Crippen LogP contribution in [0, 0.1) is 5.82 Å². The Balaban J connectivity index is 1.71. The summed E-state index contributed by atoms with van der Waals surface area (Å²) in [5.41, 5.74) is 0.358. The van der Waals surface area contributed by atoms with Crippen molar-refractivity contribution < 1.29 is 18.7 Å². The average molecular weight is 491 g/mol. The lowest BCUT2D eigenvalue weighted by atomic mass is 9.95. The fourth-order valence-electron chi connectivity index (χ4n) is 3.72. The van der Waals surface area contributed by atoms with Gasteiger partial charge in [-0.1, -0.05) is 53.4 Å². The molecule has 0 spiro atoms. The van der Waals surface area contributed by atoms with Crippen LogP contribution in [-0.2, 0) is 16.1 Å². The minimum atomic E-state index is -0.748. The van der Waals surface area contributed by atoms with E-state index in [-0.39, 0.29) is 31.0 Å². The highest BCUT2D eigenvalue weighted by Crippen LogP contribution is 2.19. The monoisotopic (exact) mass is 490 g/mol. The number of carbonyl (C=O) groups is 2. The van der Waals surface area contributed by atoms with Crippen molar-refractivity contribution in [1.82, 2.24) is 10.2 Å². The zero-order chi connectivity index (χ0) is 22.2. The highest BCUT2D eigenvalue weighted by molar-refractivity contribution is 9.10. The van der Waals surface area contributed by atoms with Crippen LogP contribution in [0.2, 0.25) is 0 Å². The van der Waals surface area contributed by atoms with Crippen LogP contribution in [0.5, 0.6) is 5.75 Å². The van der Waals surface area contributed by atoms with E-state index in [4.69, 9.17) is 4.74 Å². The maximum Gasteiger partial charge on any atom is 0.261 e. The molecule has 0 aromatic heterocycles. The molecular formula is C24H28BrFN2O3. The molecule has 0 unspecified atom stereocenters. The van der Waals surface area contributed by atoms with Gasteiger partial charge in [-0.05, 0) is 50.1 Å². The molecule has 7 heteroatoms. The van der Waals surface area contributed by atoms with Gasteiger partial charge in [-0.15, -0.1) is 0 Å². The first-order chi connectivity index (χ1) is 14.9. The van der Waals surface area contributed by atoms with Crippen molar-refractivity contribution in [2.75, 3.05) is 6.61 Å². The Hall–Kier alpha value is -2.41. The number of ether oxygens (including phenoxy) is 1. The van der Waals surface area contributed by atoms with Crippen molar-refractivity contribution in [2.45, 2.75) is 57.7 Å². The molecular weight excluding hydrogens is 463 g/mol. The van der Waals surface area contributed by atoms with E-state index in [2.05, 4.69) is 21.2 Å². The molecule has 1 aliphatic carbocycles. The molecule has 31 heavy (non-hydrogen) atoms. The second-order valence-electron chi connectivity index (χ2n) is 7.88. The summed E-state index contributed by atoms with van der Waals surface area (Å²) in [4.78, 5) is 27.3. The third kappa shape index (κ3) is 6.79. The largest absolute Gasteiger partial charge is 0.484 e. The molecule has 2 aromatic carbocycles. The number of hydrogen-bond donors (Lipinski definition) is 1. The molecule has 3 rings (SSSR count). The third-order valence-corrected chi connectivity index (χ3v) is 6.12. The van der Waals surface area contributed by atoms with Gasteiger partial charge in [0.15, 0.2) is 6.61 Å². The first kappa shape index (κ1) is 23.3. The Morgan fingerprint density at radius 2 is 1.81 bits per heavy atom. The fraction of sp³-hybridized carbons (Fsp3) is 0.417. The first-order valence-electron chi connectivity index (χ1n) is 10.7. The van der Waals surface area contributed by atoms with Gasteiger partial charge < -0.3 is 15.0 Å². The van der Waals surface area contributed by atoms with E-state index in [1.54, 1.807) is 37.3 Å². The molecule has 0 radical (unpaired) electrons. The van der Waals surface area contributed by atoms with Crippen LogP contribution >= 0.6 is 15.9 Å². The molecule has 1 N–H and O–H groups in total. The van der Waals surface area contributed by atoms with E-state index in [1.807, 2.05) is 12.1 Å². The lowest BCUT2D eigenvalue weighted by Crippen LogP contribution is -2.51. The van der Waals surface area contributed by atoms with Crippen molar-refractivity contribution >= 4 is 27.7 Å². The van der Waals surface area contributed by atoms with E-state index < -0.39 is 11.9 Å². The second-order valence-corrected chi connectivity index (χ2v) is 8.79. The van der Waals surface area contributed by atoms with Crippen LogP contribution in [0.1, 0.15) is 44.6 Å². The smallest absolute Gasteiger partial charge is 0.261 e. The highest BCUT2D eigenvalue weighted by Gasteiger charge is 2.29. The Morgan fingerprint density at radius 1 is 1.13 bits per heavy atom. The topological polar surface area (TPSA) is 58.6 Å². The predicted molar refractivity (Wildman–Crippen MR) is 121 cm³/mol. The van der Waals surface area contributed by atoms with Crippen molar-refractivity contribution in [1.29, 1.82) is 0 Å². The van der Waals surface area contributed by atoms with Gasteiger partial charge in [0.2, 0.25) is 5.91 Å². The standard InChI is InChI=1S/C24H28BrFN2O3/c1-17(24(30)27-20-8-3-2-4-9-20)28(15-18-7-5-6-10-22(18)26)23(29)16-31-21-13-11-19(25)12-14-21/h5-7,10-14,17,20H,2-4,8-9,15-16H2,1H3,(H,27,30)/t17-/m0/s1. The number of rotatable bonds is 8. The zero-order valence-electron chi connectivity index (χ0n) is 17.7. The molecule has 1 fully saturated rings. The summed E-state index contributed by atoms with van der Waals surface area (Å²) >= 11 is 3.36. The van der Waals surface area contributed by atoms with Crippen LogP contribution in [0.15, 0.2) is 53.0 Å². The maximum absolute atomic E-state index is 14.3. The van der Waals surface area contributed by atoms with E-state index in [9.17, 15) is 14.0 Å². The van der Waals surface area contributed by atoms with Crippen molar-refractivity contribution in [3.63, 3.8) is 0 Å². The summed E-state index contributed by atoms with van der Waals surface area (Å²) in [6.45, 7) is 1.43. The Labute approximate surface area is 191 Å². The number of nitrogens with one attached hydrogen (secondary N) is 1. The van der Waals surface area contributed by atoms with Gasteiger partial charge in [0.05, 0.1) is 0 Å². The minimum absolute atomic E-state index is 0.00550. The Kier molecular flexibility index (Phi) is 8.46. The maximum atomic E-state index is 14.3. The summed E-state index contributed by atoms with van der Waals surface area (Å²) in [7, 11) is 0. The van der Waals surface area contributed by atoms with Crippen LogP contribution in [0.4, 0.5) is 4.39 Å². The van der Waals surface area contributed by atoms with Gasteiger partial charge in [-0.3, -0.25) is 9.59 Å². The summed E-state index contributed by atoms with van der Waals surface area (Å²) < 4.78 is 20.8. The van der Waals surface area contributed by atoms with Gasteiger partial charge in [0.1, 0.15) is 17.6 Å². The van der Waals surface area contributed by atoms with E-state index in [0.717, 1.165) is 30.2 Å². The van der Waals surface area contributed by atoms with E-state index >= 15 is 0 Å². The number of carbonyl (C=O) groups excluding carboxylic acids is 2. The summed E-state index contributed by atoms with van der Waals surface area (Å²) in [6, 6.07) is 12.8. The molecule has 2 amide bonds. The molecule has 0 saturated heterocycles. The van der Waals surface area contributed by atoms with Crippen LogP contribution in [-0.4, -0.2) is 35.4 Å². The summed E-state index contributed by atoms with van der Waals surface area (Å²) in [6.07, 6.45) is 5.28. The molecule has 166 valence electrons. The Bertz CT molecular complexity index is 885. The number of amides is 2. The average Bonchev–Trinajstić information content (AvgIpc) is 2.78. The number of hydrogen-bond acceptors (Lipinski definition) is 3. The molecule has 5 nitrogen and oxygen atoms in total. The predicted octanol–water partition coefficient (Wildman–Crippen LogP) is 4.83. The van der Waals surface area contributed by atoms with E-state index in [0.29, 0.717) is 11.3 Å². The number of halogens is 2. The Morgan fingerprint density at radius 3 is 2.48 bits per heavy atom. The second kappa shape index (κ2) is 11.3. The molecule has 0 heterocycles. The van der Waals surface area contributed by atoms with Crippen LogP contribution in [0.25, 0.3) is 0 Å². The minimum Gasteiger partial charge on any atom is -0.484 e. The first-order valence-corrected chi connectivity index (χ1v) is 11.4. The van der Waals surface area contributed by atoms with Gasteiger partial charge in [0, 0.05) is 22.6 Å². The summed E-state index contributed by atoms with van der Waals surface area (Å²) in [5.74, 6) is -0.464. The van der Waals surface area contributed by atoms with Gasteiger partial charge in [-0.25, -0.2) is 4.39 Å². The van der Waals surface area contributed by atoms with Crippen molar-refractivity contribution in [3.05, 3.63) is 64.4 Å². The van der Waals surface area contributed by atoms with Crippen LogP contribution < -0.4 is 10.1 Å². The zero-order valence-corrected chi connectivity index (χ0v) is 19.2. The third-order valence-electron chi connectivity index (χ3n) is 5.59. The normalized spacial score (nSPS) is 15.2. The molecule has 2 aromatic rings. The molecule has 1 saturated carbocycles. The summed E-state index contributed by atoms with van der Waals surface area (Å²) in [5, 5.41) is 3.06. The quantitative estimate of drug-likeness (QED) is 0.576. The van der Waals surface area contributed by atoms with Crippen molar-refractivity contribution in [2.24, 2.45) is 0 Å². The van der Waals surface area contributed by atoms with E-state index in [1.165, 1.54) is 17.4 Å². The number of benzene rings is 2. The SMILES string of the molecule is C[C@@H](C(=O)NC1CCCCC1)N(Cc1ccccc1F)C(=O)COc1ccc(Br)cc1. The van der Waals surface area contributed by atoms with Crippen LogP contribution in [0.3, 0.4) is 0 Å². The number of nitrogens with zero attached hydrogens (tertiary/aromatic N) is 1. The molecule has 0 bridgehead atoms. The lowest BCUT2D eigenvalue weighted by molar-refractivity contribution is -0.142. The van der Waals surface area contributed by atoms with Gasteiger partial charge in [-0.2, -0.15) is 0 Å². The lowest BCUT2D eigenvalue weighted by Gasteiger charge is -2.31. The van der Waals surface area contributed by atoms with Gasteiger partial charge >= 0.3 is 0 Å². The fourth-order valence-corrected chi connectivity index (χ4v) is 3.98. The van der Waals surface area contributed by atoms with Crippen molar-refractivity contribution in [3.8, 4) is 5.75 Å². The molecule has 0 aliphatic heterocycles. The highest BCUT2D eigenvalue weighted by atomic mass is 79.9. The molecule has 1 aliphatic rings. The molecule has 1 atom stereocenters. The van der Waals surface area contributed by atoms with Gasteiger partial charge in [0.25, 0.3) is 5.91 Å².